The summed E-state index contributed by atoms with van der Waals surface area (Å²) in [6.07, 6.45) is 0.206. The van der Waals surface area contributed by atoms with E-state index in [2.05, 4.69) is 10.1 Å². The van der Waals surface area contributed by atoms with Crippen LogP contribution in [0.1, 0.15) is 30.6 Å². The van der Waals surface area contributed by atoms with Gasteiger partial charge in [0.1, 0.15) is 0 Å². The average molecular weight is 304 g/mol. The second kappa shape index (κ2) is 6.60. The van der Waals surface area contributed by atoms with E-state index in [-0.39, 0.29) is 30.2 Å². The molecule has 0 radical (unpaired) electrons. The zero-order valence-electron chi connectivity index (χ0n) is 13.0. The Bertz CT molecular complexity index is 580. The molecule has 1 N–H and O–H groups in total. The predicted octanol–water partition coefficient (Wildman–Crippen LogP) is 1.35. The van der Waals surface area contributed by atoms with Gasteiger partial charge in [0.15, 0.2) is 0 Å². The number of carbonyl (C=O) groups is 3. The van der Waals surface area contributed by atoms with Gasteiger partial charge in [-0.2, -0.15) is 0 Å². The molecular formula is C16H20N2O4. The number of nitrogens with zero attached hydrogens (tertiary/aromatic N) is 1. The summed E-state index contributed by atoms with van der Waals surface area (Å²) >= 11 is 0. The lowest BCUT2D eigenvalue weighted by Gasteiger charge is -2.17. The smallest absolute Gasteiger partial charge is 0.337 e. The standard InChI is InChI=1S/C16H20N2O4/c1-10(2)17-15(20)12-8-14(19)18(9-12)13-6-4-11(5-7-13)16(21)22-3/h4-7,10,12H,8-9H2,1-3H3,(H,17,20). The largest absolute Gasteiger partial charge is 0.465 e. The van der Waals surface area contributed by atoms with Crippen LogP contribution in [0.4, 0.5) is 5.69 Å². The maximum Gasteiger partial charge on any atom is 0.337 e. The molecule has 1 aliphatic heterocycles. The van der Waals surface area contributed by atoms with Crippen LogP contribution in [0.3, 0.4) is 0 Å². The number of hydrogen-bond donors (Lipinski definition) is 1. The molecule has 118 valence electrons. The van der Waals surface area contributed by atoms with Crippen molar-refractivity contribution in [1.29, 1.82) is 0 Å². The van der Waals surface area contributed by atoms with Crippen molar-refractivity contribution in [2.24, 2.45) is 5.92 Å². The molecule has 1 aromatic carbocycles. The monoisotopic (exact) mass is 304 g/mol. The van der Waals surface area contributed by atoms with E-state index in [0.29, 0.717) is 17.8 Å². The van der Waals surface area contributed by atoms with Gasteiger partial charge in [-0.1, -0.05) is 0 Å². The molecule has 1 unspecified atom stereocenters. The molecule has 2 amide bonds. The van der Waals surface area contributed by atoms with E-state index in [1.807, 2.05) is 13.8 Å². The van der Waals surface area contributed by atoms with Crippen LogP contribution in [0.2, 0.25) is 0 Å². The van der Waals surface area contributed by atoms with Crippen molar-refractivity contribution >= 4 is 23.5 Å². The van der Waals surface area contributed by atoms with Crippen LogP contribution >= 0.6 is 0 Å². The molecule has 1 aromatic rings. The Labute approximate surface area is 129 Å². The molecule has 0 spiro atoms. The molecule has 1 saturated heterocycles. The first-order chi connectivity index (χ1) is 10.4. The Morgan fingerprint density at radius 2 is 1.91 bits per heavy atom. The first kappa shape index (κ1) is 16.0. The summed E-state index contributed by atoms with van der Waals surface area (Å²) in [4.78, 5) is 37.1. The second-order valence-corrected chi connectivity index (χ2v) is 5.61. The van der Waals surface area contributed by atoms with E-state index in [1.165, 1.54) is 7.11 Å². The van der Waals surface area contributed by atoms with Crippen molar-refractivity contribution in [1.82, 2.24) is 5.32 Å². The number of hydrogen-bond acceptors (Lipinski definition) is 4. The van der Waals surface area contributed by atoms with Crippen LogP contribution in [0.25, 0.3) is 0 Å². The normalized spacial score (nSPS) is 17.7. The Hall–Kier alpha value is -2.37. The zero-order chi connectivity index (χ0) is 16.3. The minimum absolute atomic E-state index is 0.0518. The van der Waals surface area contributed by atoms with Gasteiger partial charge >= 0.3 is 5.97 Å². The lowest BCUT2D eigenvalue weighted by Crippen LogP contribution is -2.36. The minimum atomic E-state index is -0.423. The molecule has 6 heteroatoms. The van der Waals surface area contributed by atoms with E-state index in [1.54, 1.807) is 29.2 Å². The maximum atomic E-state index is 12.1. The van der Waals surface area contributed by atoms with Gasteiger partial charge in [0, 0.05) is 24.7 Å². The molecule has 0 aromatic heterocycles. The highest BCUT2D eigenvalue weighted by molar-refractivity contribution is 6.00. The van der Waals surface area contributed by atoms with Crippen LogP contribution < -0.4 is 10.2 Å². The van der Waals surface area contributed by atoms with E-state index in [0.717, 1.165) is 0 Å². The zero-order valence-corrected chi connectivity index (χ0v) is 13.0. The summed E-state index contributed by atoms with van der Waals surface area (Å²) in [5, 5.41) is 2.83. The minimum Gasteiger partial charge on any atom is -0.465 e. The number of amides is 2. The fourth-order valence-corrected chi connectivity index (χ4v) is 2.43. The predicted molar refractivity (Wildman–Crippen MR) is 81.5 cm³/mol. The lowest BCUT2D eigenvalue weighted by molar-refractivity contribution is -0.126. The average Bonchev–Trinajstić information content (AvgIpc) is 2.88. The topological polar surface area (TPSA) is 75.7 Å². The number of methoxy groups -OCH3 is 1. The van der Waals surface area contributed by atoms with Crippen molar-refractivity contribution in [3.8, 4) is 0 Å². The van der Waals surface area contributed by atoms with Gasteiger partial charge < -0.3 is 15.0 Å². The van der Waals surface area contributed by atoms with Crippen molar-refractivity contribution < 1.29 is 19.1 Å². The number of benzene rings is 1. The van der Waals surface area contributed by atoms with Crippen molar-refractivity contribution in [2.45, 2.75) is 26.3 Å². The maximum absolute atomic E-state index is 12.1. The Kier molecular flexibility index (Phi) is 4.80. The fraction of sp³-hybridized carbons (Fsp3) is 0.438. The van der Waals surface area contributed by atoms with Crippen LogP contribution in [-0.2, 0) is 14.3 Å². The highest BCUT2D eigenvalue weighted by Crippen LogP contribution is 2.25. The molecule has 1 fully saturated rings. The SMILES string of the molecule is COC(=O)c1ccc(N2CC(C(=O)NC(C)C)CC2=O)cc1. The highest BCUT2D eigenvalue weighted by Gasteiger charge is 2.35. The molecule has 0 bridgehead atoms. The molecule has 22 heavy (non-hydrogen) atoms. The summed E-state index contributed by atoms with van der Waals surface area (Å²) in [6, 6.07) is 6.64. The van der Waals surface area contributed by atoms with Gasteiger partial charge in [-0.15, -0.1) is 0 Å². The third-order valence-corrected chi connectivity index (χ3v) is 3.53. The van der Waals surface area contributed by atoms with Crippen molar-refractivity contribution in [3.63, 3.8) is 0 Å². The molecule has 6 nitrogen and oxygen atoms in total. The number of esters is 1. The van der Waals surface area contributed by atoms with Gasteiger partial charge in [0.2, 0.25) is 11.8 Å². The number of rotatable bonds is 4. The van der Waals surface area contributed by atoms with E-state index in [9.17, 15) is 14.4 Å². The van der Waals surface area contributed by atoms with Gasteiger partial charge in [-0.25, -0.2) is 4.79 Å². The van der Waals surface area contributed by atoms with Gasteiger partial charge in [0.25, 0.3) is 0 Å². The Balaban J connectivity index is 2.08. The number of ether oxygens (including phenoxy) is 1. The quantitative estimate of drug-likeness (QED) is 0.852. The molecule has 1 atom stereocenters. The summed E-state index contributed by atoms with van der Waals surface area (Å²) in [6.45, 7) is 4.13. The van der Waals surface area contributed by atoms with Crippen LogP contribution in [0.15, 0.2) is 24.3 Å². The summed E-state index contributed by atoms with van der Waals surface area (Å²) < 4.78 is 4.64. The van der Waals surface area contributed by atoms with Crippen LogP contribution in [-0.4, -0.2) is 37.5 Å². The Morgan fingerprint density at radius 3 is 2.45 bits per heavy atom. The molecule has 2 rings (SSSR count). The molecule has 1 aliphatic rings. The van der Waals surface area contributed by atoms with Crippen molar-refractivity contribution in [3.05, 3.63) is 29.8 Å². The van der Waals surface area contributed by atoms with Crippen molar-refractivity contribution in [2.75, 3.05) is 18.6 Å². The molecular weight excluding hydrogens is 284 g/mol. The fourth-order valence-electron chi connectivity index (χ4n) is 2.43. The lowest BCUT2D eigenvalue weighted by atomic mass is 10.1. The Morgan fingerprint density at radius 1 is 1.27 bits per heavy atom. The molecule has 0 saturated carbocycles. The third kappa shape index (κ3) is 3.44. The van der Waals surface area contributed by atoms with Gasteiger partial charge in [0.05, 0.1) is 18.6 Å². The van der Waals surface area contributed by atoms with Crippen LogP contribution in [0.5, 0.6) is 0 Å². The van der Waals surface area contributed by atoms with E-state index < -0.39 is 5.97 Å². The molecule has 1 heterocycles. The first-order valence-electron chi connectivity index (χ1n) is 7.21. The van der Waals surface area contributed by atoms with Gasteiger partial charge in [-0.3, -0.25) is 9.59 Å². The summed E-state index contributed by atoms with van der Waals surface area (Å²) in [5.74, 6) is -0.949. The first-order valence-corrected chi connectivity index (χ1v) is 7.21. The second-order valence-electron chi connectivity index (χ2n) is 5.61. The summed E-state index contributed by atoms with van der Waals surface area (Å²) in [7, 11) is 1.32. The van der Waals surface area contributed by atoms with E-state index in [4.69, 9.17) is 0 Å². The third-order valence-electron chi connectivity index (χ3n) is 3.53. The molecule has 0 aliphatic carbocycles. The number of anilines is 1. The van der Waals surface area contributed by atoms with Gasteiger partial charge in [-0.05, 0) is 38.1 Å². The summed E-state index contributed by atoms with van der Waals surface area (Å²) in [5.41, 5.74) is 1.10. The number of nitrogens with one attached hydrogen (secondary N) is 1. The van der Waals surface area contributed by atoms with Crippen LogP contribution in [0, 0.1) is 5.92 Å². The van der Waals surface area contributed by atoms with E-state index >= 15 is 0 Å². The highest BCUT2D eigenvalue weighted by atomic mass is 16.5. The number of carbonyl (C=O) groups excluding carboxylic acids is 3.